The molecule has 0 spiro atoms. The number of hydrogen-bond acceptors (Lipinski definition) is 3. The van der Waals surface area contributed by atoms with Crippen molar-refractivity contribution < 1.29 is 4.74 Å². The van der Waals surface area contributed by atoms with Gasteiger partial charge in [0.2, 0.25) is 0 Å². The second-order valence-corrected chi connectivity index (χ2v) is 6.37. The number of benzene rings is 2. The molecular weight excluding hydrogens is 324 g/mol. The lowest BCUT2D eigenvalue weighted by Gasteiger charge is -2.13. The van der Waals surface area contributed by atoms with Gasteiger partial charge in [-0.2, -0.15) is 0 Å². The fourth-order valence-electron chi connectivity index (χ4n) is 2.65. The maximum Gasteiger partial charge on any atom is 0.191 e. The third kappa shape index (κ3) is 6.31. The summed E-state index contributed by atoms with van der Waals surface area (Å²) in [7, 11) is 7.59. The zero-order chi connectivity index (χ0) is 18.8. The molecule has 0 unspecified atom stereocenters. The Morgan fingerprint density at radius 1 is 1.04 bits per heavy atom. The van der Waals surface area contributed by atoms with Crippen molar-refractivity contribution >= 4 is 11.6 Å². The Kier molecular flexibility index (Phi) is 7.80. The lowest BCUT2D eigenvalue weighted by Crippen LogP contribution is -2.37. The molecule has 5 heteroatoms. The van der Waals surface area contributed by atoms with E-state index in [-0.39, 0.29) is 0 Å². The van der Waals surface area contributed by atoms with Crippen LogP contribution in [-0.2, 0) is 13.0 Å². The average Bonchev–Trinajstić information content (AvgIpc) is 2.68. The number of guanidine groups is 1. The van der Waals surface area contributed by atoms with E-state index in [2.05, 4.69) is 65.0 Å². The minimum absolute atomic E-state index is 0.711. The number of rotatable bonds is 8. The number of aryl methyl sites for hydroxylation is 1. The summed E-state index contributed by atoms with van der Waals surface area (Å²) in [5, 5.41) is 6.70. The molecule has 2 aromatic rings. The first-order chi connectivity index (χ1) is 12.6. The molecule has 0 bridgehead atoms. The van der Waals surface area contributed by atoms with Gasteiger partial charge in [0.05, 0.1) is 7.11 Å². The van der Waals surface area contributed by atoms with Crippen LogP contribution in [0.5, 0.6) is 5.75 Å². The molecule has 0 aliphatic rings. The third-order valence-electron chi connectivity index (χ3n) is 4.21. The fourth-order valence-corrected chi connectivity index (χ4v) is 2.65. The van der Waals surface area contributed by atoms with E-state index in [0.717, 1.165) is 36.7 Å². The summed E-state index contributed by atoms with van der Waals surface area (Å²) in [6.07, 6.45) is 2.11. The van der Waals surface area contributed by atoms with Crippen LogP contribution in [-0.4, -0.2) is 40.8 Å². The topological polar surface area (TPSA) is 48.9 Å². The van der Waals surface area contributed by atoms with E-state index in [1.807, 2.05) is 18.2 Å². The van der Waals surface area contributed by atoms with E-state index in [9.17, 15) is 0 Å². The zero-order valence-electron chi connectivity index (χ0n) is 16.2. The third-order valence-corrected chi connectivity index (χ3v) is 4.21. The monoisotopic (exact) mass is 354 g/mol. The molecule has 2 rings (SSSR count). The standard InChI is InChI=1S/C21H30N4O/c1-22-21(24-16-18-7-5-9-20(15-18)26-4)23-14-6-8-17-10-12-19(13-11-17)25(2)3/h5,7,9-13,15H,6,8,14,16H2,1-4H3,(H2,22,23,24). The van der Waals surface area contributed by atoms with Gasteiger partial charge in [-0.25, -0.2) is 0 Å². The SMILES string of the molecule is CN=C(NCCCc1ccc(N(C)C)cc1)NCc1cccc(OC)c1. The summed E-state index contributed by atoms with van der Waals surface area (Å²) < 4.78 is 5.25. The molecule has 2 aromatic carbocycles. The fraction of sp³-hybridized carbons (Fsp3) is 0.381. The molecule has 5 nitrogen and oxygen atoms in total. The molecule has 2 N–H and O–H groups in total. The zero-order valence-corrected chi connectivity index (χ0v) is 16.2. The number of aliphatic imine (C=N–C) groups is 1. The van der Waals surface area contributed by atoms with Crippen molar-refractivity contribution in [3.05, 3.63) is 59.7 Å². The van der Waals surface area contributed by atoms with Crippen LogP contribution in [0, 0.1) is 0 Å². The van der Waals surface area contributed by atoms with Crippen molar-refractivity contribution in [1.29, 1.82) is 0 Å². The lowest BCUT2D eigenvalue weighted by atomic mass is 10.1. The first-order valence-electron chi connectivity index (χ1n) is 8.96. The summed E-state index contributed by atoms with van der Waals surface area (Å²) in [5.74, 6) is 1.68. The van der Waals surface area contributed by atoms with Gasteiger partial charge in [0.1, 0.15) is 5.75 Å². The van der Waals surface area contributed by atoms with Gasteiger partial charge in [-0.15, -0.1) is 0 Å². The average molecular weight is 354 g/mol. The van der Waals surface area contributed by atoms with Gasteiger partial charge in [-0.05, 0) is 48.2 Å². The summed E-state index contributed by atoms with van der Waals surface area (Å²) in [6.45, 7) is 1.59. The first-order valence-corrected chi connectivity index (χ1v) is 8.96. The van der Waals surface area contributed by atoms with E-state index in [1.165, 1.54) is 11.3 Å². The van der Waals surface area contributed by atoms with Crippen LogP contribution in [0.4, 0.5) is 5.69 Å². The van der Waals surface area contributed by atoms with Gasteiger partial charge in [0.15, 0.2) is 5.96 Å². The maximum atomic E-state index is 5.25. The Bertz CT molecular complexity index is 695. The predicted octanol–water partition coefficient (Wildman–Crippen LogP) is 3.06. The summed E-state index contributed by atoms with van der Waals surface area (Å²) >= 11 is 0. The van der Waals surface area contributed by atoms with Crippen LogP contribution in [0.1, 0.15) is 17.5 Å². The maximum absolute atomic E-state index is 5.25. The highest BCUT2D eigenvalue weighted by Gasteiger charge is 2.01. The number of nitrogens with one attached hydrogen (secondary N) is 2. The molecule has 0 fully saturated rings. The molecule has 0 aliphatic heterocycles. The Morgan fingerprint density at radius 3 is 2.46 bits per heavy atom. The minimum atomic E-state index is 0.711. The van der Waals surface area contributed by atoms with Gasteiger partial charge in [0.25, 0.3) is 0 Å². The van der Waals surface area contributed by atoms with Crippen molar-refractivity contribution in [2.24, 2.45) is 4.99 Å². The number of hydrogen-bond donors (Lipinski definition) is 2. The molecular formula is C21H30N4O. The second kappa shape index (κ2) is 10.3. The first kappa shape index (κ1) is 19.6. The van der Waals surface area contributed by atoms with E-state index in [4.69, 9.17) is 4.74 Å². The predicted molar refractivity (Wildman–Crippen MR) is 110 cm³/mol. The van der Waals surface area contributed by atoms with Crippen molar-refractivity contribution in [1.82, 2.24) is 10.6 Å². The Labute approximate surface area is 157 Å². The van der Waals surface area contributed by atoms with Crippen LogP contribution in [0.25, 0.3) is 0 Å². The quantitative estimate of drug-likeness (QED) is 0.435. The molecule has 0 aromatic heterocycles. The number of nitrogens with zero attached hydrogens (tertiary/aromatic N) is 2. The molecule has 0 heterocycles. The Hall–Kier alpha value is -2.69. The summed E-state index contributed by atoms with van der Waals surface area (Å²) in [6, 6.07) is 16.8. The van der Waals surface area contributed by atoms with E-state index in [0.29, 0.717) is 6.54 Å². The summed E-state index contributed by atoms with van der Waals surface area (Å²) in [4.78, 5) is 6.39. The molecule has 0 saturated carbocycles. The smallest absolute Gasteiger partial charge is 0.191 e. The van der Waals surface area contributed by atoms with E-state index >= 15 is 0 Å². The number of anilines is 1. The van der Waals surface area contributed by atoms with Crippen molar-refractivity contribution in [3.63, 3.8) is 0 Å². The molecule has 0 amide bonds. The van der Waals surface area contributed by atoms with E-state index in [1.54, 1.807) is 14.2 Å². The van der Waals surface area contributed by atoms with Gasteiger partial charge in [-0.1, -0.05) is 24.3 Å². The lowest BCUT2D eigenvalue weighted by molar-refractivity contribution is 0.414. The Morgan fingerprint density at radius 2 is 1.81 bits per heavy atom. The largest absolute Gasteiger partial charge is 0.497 e. The molecule has 26 heavy (non-hydrogen) atoms. The molecule has 0 saturated heterocycles. The highest BCUT2D eigenvalue weighted by Crippen LogP contribution is 2.13. The van der Waals surface area contributed by atoms with Crippen molar-refractivity contribution in [3.8, 4) is 5.75 Å². The van der Waals surface area contributed by atoms with Gasteiger partial charge >= 0.3 is 0 Å². The van der Waals surface area contributed by atoms with Crippen LogP contribution < -0.4 is 20.3 Å². The Balaban J connectivity index is 1.71. The summed E-state index contributed by atoms with van der Waals surface area (Å²) in [5.41, 5.74) is 3.75. The molecule has 140 valence electrons. The van der Waals surface area contributed by atoms with Crippen LogP contribution in [0.3, 0.4) is 0 Å². The number of ether oxygens (including phenoxy) is 1. The highest BCUT2D eigenvalue weighted by atomic mass is 16.5. The van der Waals surface area contributed by atoms with Gasteiger partial charge in [0, 0.05) is 39.9 Å². The van der Waals surface area contributed by atoms with Crippen LogP contribution in [0.15, 0.2) is 53.5 Å². The van der Waals surface area contributed by atoms with E-state index < -0.39 is 0 Å². The van der Waals surface area contributed by atoms with Gasteiger partial charge < -0.3 is 20.3 Å². The molecule has 0 radical (unpaired) electrons. The minimum Gasteiger partial charge on any atom is -0.497 e. The normalized spacial score (nSPS) is 11.2. The highest BCUT2D eigenvalue weighted by molar-refractivity contribution is 5.79. The molecule has 0 aliphatic carbocycles. The van der Waals surface area contributed by atoms with Crippen molar-refractivity contribution in [2.75, 3.05) is 39.7 Å². The van der Waals surface area contributed by atoms with Crippen LogP contribution >= 0.6 is 0 Å². The van der Waals surface area contributed by atoms with Gasteiger partial charge in [-0.3, -0.25) is 4.99 Å². The number of methoxy groups -OCH3 is 1. The molecule has 0 atom stereocenters. The second-order valence-electron chi connectivity index (χ2n) is 6.37. The van der Waals surface area contributed by atoms with Crippen molar-refractivity contribution in [2.45, 2.75) is 19.4 Å². The van der Waals surface area contributed by atoms with Crippen LogP contribution in [0.2, 0.25) is 0 Å².